The fraction of sp³-hybridized carbons (Fsp3) is 0.133. The third-order valence-electron chi connectivity index (χ3n) is 3.21. The molecule has 3 aromatic rings. The molecule has 0 spiro atoms. The number of aromatic nitrogens is 3. The van der Waals surface area contributed by atoms with E-state index in [1.165, 1.54) is 12.3 Å². The van der Waals surface area contributed by atoms with E-state index >= 15 is 0 Å². The lowest BCUT2D eigenvalue weighted by molar-refractivity contribution is 0.1000. The second kappa shape index (κ2) is 5.65. The zero-order valence-corrected chi connectivity index (χ0v) is 12.6. The number of anilines is 1. The van der Waals surface area contributed by atoms with Crippen LogP contribution in [0.15, 0.2) is 36.8 Å². The molecule has 0 bridgehead atoms. The minimum absolute atomic E-state index is 0.277. The molecule has 6 nitrogen and oxygen atoms in total. The Morgan fingerprint density at radius 1 is 1.41 bits per heavy atom. The smallest absolute Gasteiger partial charge is 0.250 e. The summed E-state index contributed by atoms with van der Waals surface area (Å²) in [5, 5.41) is 3.44. The van der Waals surface area contributed by atoms with E-state index in [1.807, 2.05) is 35.9 Å². The molecule has 7 heteroatoms. The molecule has 22 heavy (non-hydrogen) atoms. The van der Waals surface area contributed by atoms with E-state index in [1.54, 1.807) is 0 Å². The standard InChI is InChI=1S/C15H14ClN5O/c1-9-2-3-13-20-11(8-21(13)7-9)6-19-15-12(16)4-10(5-18-15)14(17)22/h2-5,7-8H,6H2,1H3,(H2,17,22)(H,18,19). The molecule has 1 amide bonds. The van der Waals surface area contributed by atoms with Crippen molar-refractivity contribution in [3.05, 3.63) is 58.6 Å². The largest absolute Gasteiger partial charge is 0.366 e. The van der Waals surface area contributed by atoms with Crippen molar-refractivity contribution in [3.8, 4) is 0 Å². The Labute approximate surface area is 131 Å². The summed E-state index contributed by atoms with van der Waals surface area (Å²) in [5.74, 6) is -0.0726. The highest BCUT2D eigenvalue weighted by Crippen LogP contribution is 2.20. The minimum Gasteiger partial charge on any atom is -0.366 e. The van der Waals surface area contributed by atoms with Gasteiger partial charge >= 0.3 is 0 Å². The topological polar surface area (TPSA) is 85.3 Å². The molecule has 0 aromatic carbocycles. The van der Waals surface area contributed by atoms with Crippen LogP contribution in [0.2, 0.25) is 5.02 Å². The van der Waals surface area contributed by atoms with Crippen LogP contribution in [0, 0.1) is 6.92 Å². The summed E-state index contributed by atoms with van der Waals surface area (Å²) in [7, 11) is 0. The molecular formula is C15H14ClN5O. The van der Waals surface area contributed by atoms with Gasteiger partial charge in [0.15, 0.2) is 0 Å². The summed E-state index contributed by atoms with van der Waals surface area (Å²) in [5.41, 5.74) is 8.37. The van der Waals surface area contributed by atoms with Crippen LogP contribution in [0.3, 0.4) is 0 Å². The molecule has 0 aliphatic heterocycles. The number of rotatable bonds is 4. The number of hydrogen-bond acceptors (Lipinski definition) is 4. The van der Waals surface area contributed by atoms with Gasteiger partial charge in [-0.05, 0) is 24.6 Å². The lowest BCUT2D eigenvalue weighted by Crippen LogP contribution is -2.12. The lowest BCUT2D eigenvalue weighted by Gasteiger charge is -2.06. The van der Waals surface area contributed by atoms with Gasteiger partial charge in [0.2, 0.25) is 5.91 Å². The van der Waals surface area contributed by atoms with E-state index in [4.69, 9.17) is 17.3 Å². The number of halogens is 1. The first-order valence-electron chi connectivity index (χ1n) is 6.66. The van der Waals surface area contributed by atoms with Crippen molar-refractivity contribution in [1.29, 1.82) is 0 Å². The van der Waals surface area contributed by atoms with E-state index in [0.29, 0.717) is 17.4 Å². The van der Waals surface area contributed by atoms with Gasteiger partial charge in [-0.3, -0.25) is 4.79 Å². The number of nitrogens with two attached hydrogens (primary N) is 1. The maximum atomic E-state index is 11.1. The van der Waals surface area contributed by atoms with E-state index in [-0.39, 0.29) is 5.56 Å². The first kappa shape index (κ1) is 14.3. The highest BCUT2D eigenvalue weighted by molar-refractivity contribution is 6.33. The number of hydrogen-bond donors (Lipinski definition) is 2. The van der Waals surface area contributed by atoms with Crippen LogP contribution in [-0.4, -0.2) is 20.3 Å². The van der Waals surface area contributed by atoms with Gasteiger partial charge < -0.3 is 15.5 Å². The molecule has 0 aliphatic carbocycles. The number of carbonyl (C=O) groups excluding carboxylic acids is 1. The van der Waals surface area contributed by atoms with Gasteiger partial charge in [0.05, 0.1) is 22.8 Å². The summed E-state index contributed by atoms with van der Waals surface area (Å²) in [6, 6.07) is 5.47. The number of carbonyl (C=O) groups is 1. The molecular weight excluding hydrogens is 302 g/mol. The number of pyridine rings is 2. The van der Waals surface area contributed by atoms with E-state index in [2.05, 4.69) is 15.3 Å². The summed E-state index contributed by atoms with van der Waals surface area (Å²) in [6.45, 7) is 2.50. The zero-order chi connectivity index (χ0) is 15.7. The van der Waals surface area contributed by atoms with Gasteiger partial charge in [-0.1, -0.05) is 17.7 Å². The molecule has 0 saturated carbocycles. The summed E-state index contributed by atoms with van der Waals surface area (Å²) < 4.78 is 1.97. The van der Waals surface area contributed by atoms with Crippen molar-refractivity contribution in [2.45, 2.75) is 13.5 Å². The Kier molecular flexibility index (Phi) is 3.68. The number of aryl methyl sites for hydroxylation is 1. The third-order valence-corrected chi connectivity index (χ3v) is 3.50. The fourth-order valence-electron chi connectivity index (χ4n) is 2.12. The quantitative estimate of drug-likeness (QED) is 0.774. The van der Waals surface area contributed by atoms with Crippen LogP contribution in [0.5, 0.6) is 0 Å². The van der Waals surface area contributed by atoms with E-state index < -0.39 is 5.91 Å². The van der Waals surface area contributed by atoms with Crippen molar-refractivity contribution in [3.63, 3.8) is 0 Å². The van der Waals surface area contributed by atoms with Gasteiger partial charge in [0.25, 0.3) is 0 Å². The number of nitrogens with one attached hydrogen (secondary N) is 1. The normalized spacial score (nSPS) is 10.8. The number of fused-ring (bicyclic) bond motifs is 1. The van der Waals surface area contributed by atoms with Crippen molar-refractivity contribution < 1.29 is 4.79 Å². The average molecular weight is 316 g/mol. The maximum Gasteiger partial charge on any atom is 0.250 e. The summed E-state index contributed by atoms with van der Waals surface area (Å²) in [4.78, 5) is 19.7. The Hall–Kier alpha value is -2.60. The van der Waals surface area contributed by atoms with E-state index in [9.17, 15) is 4.79 Å². The first-order chi connectivity index (χ1) is 10.5. The third kappa shape index (κ3) is 2.87. The molecule has 3 N–H and O–H groups in total. The summed E-state index contributed by atoms with van der Waals surface area (Å²) in [6.07, 6.45) is 5.35. The van der Waals surface area contributed by atoms with E-state index in [0.717, 1.165) is 16.9 Å². The Morgan fingerprint density at radius 2 is 2.23 bits per heavy atom. The Bertz CT molecular complexity index is 858. The second-order valence-corrected chi connectivity index (χ2v) is 5.38. The summed E-state index contributed by atoms with van der Waals surface area (Å²) >= 11 is 6.08. The van der Waals surface area contributed by atoms with Gasteiger partial charge in [-0.2, -0.15) is 0 Å². The Morgan fingerprint density at radius 3 is 2.95 bits per heavy atom. The molecule has 0 aliphatic rings. The molecule has 3 rings (SSSR count). The fourth-order valence-corrected chi connectivity index (χ4v) is 2.35. The molecule has 3 heterocycles. The highest BCUT2D eigenvalue weighted by Gasteiger charge is 2.08. The van der Waals surface area contributed by atoms with Crippen LogP contribution in [0.1, 0.15) is 21.6 Å². The molecule has 0 unspecified atom stereocenters. The highest BCUT2D eigenvalue weighted by atomic mass is 35.5. The number of amides is 1. The van der Waals surface area contributed by atoms with Crippen LogP contribution in [-0.2, 0) is 6.54 Å². The molecule has 0 saturated heterocycles. The zero-order valence-electron chi connectivity index (χ0n) is 11.9. The van der Waals surface area contributed by atoms with Crippen LogP contribution >= 0.6 is 11.6 Å². The molecule has 0 fully saturated rings. The first-order valence-corrected chi connectivity index (χ1v) is 7.04. The minimum atomic E-state index is -0.559. The number of imidazole rings is 1. The monoisotopic (exact) mass is 315 g/mol. The van der Waals surface area contributed by atoms with Gasteiger partial charge in [0.1, 0.15) is 11.5 Å². The maximum absolute atomic E-state index is 11.1. The predicted octanol–water partition coefficient (Wildman–Crippen LogP) is 2.40. The van der Waals surface area contributed by atoms with Crippen molar-refractivity contribution in [1.82, 2.24) is 14.4 Å². The van der Waals surface area contributed by atoms with Crippen LogP contribution in [0.25, 0.3) is 5.65 Å². The van der Waals surface area contributed by atoms with Crippen LogP contribution < -0.4 is 11.1 Å². The molecule has 0 atom stereocenters. The van der Waals surface area contributed by atoms with Crippen molar-refractivity contribution in [2.24, 2.45) is 5.73 Å². The van der Waals surface area contributed by atoms with Gasteiger partial charge in [-0.15, -0.1) is 0 Å². The predicted molar refractivity (Wildman–Crippen MR) is 85.0 cm³/mol. The molecule has 112 valence electrons. The Balaban J connectivity index is 1.77. The average Bonchev–Trinajstić information content (AvgIpc) is 2.87. The van der Waals surface area contributed by atoms with Crippen molar-refractivity contribution in [2.75, 3.05) is 5.32 Å². The molecule has 3 aromatic heterocycles. The number of nitrogens with zero attached hydrogens (tertiary/aromatic N) is 3. The van der Waals surface area contributed by atoms with Gasteiger partial charge in [0, 0.05) is 18.6 Å². The number of primary amides is 1. The lowest BCUT2D eigenvalue weighted by atomic mass is 10.2. The van der Waals surface area contributed by atoms with Crippen LogP contribution in [0.4, 0.5) is 5.82 Å². The molecule has 0 radical (unpaired) electrons. The van der Waals surface area contributed by atoms with Crippen molar-refractivity contribution >= 4 is 29.0 Å². The van der Waals surface area contributed by atoms with Gasteiger partial charge in [-0.25, -0.2) is 9.97 Å². The second-order valence-electron chi connectivity index (χ2n) is 4.98. The SMILES string of the molecule is Cc1ccc2nc(CNc3ncc(C(N)=O)cc3Cl)cn2c1.